The Labute approximate surface area is 140 Å². The molecule has 1 aromatic carbocycles. The molecule has 22 heavy (non-hydrogen) atoms. The van der Waals surface area contributed by atoms with Crippen molar-refractivity contribution in [3.05, 3.63) is 35.9 Å². The van der Waals surface area contributed by atoms with Gasteiger partial charge in [-0.2, -0.15) is 0 Å². The van der Waals surface area contributed by atoms with Crippen LogP contribution in [-0.4, -0.2) is 25.5 Å². The molecule has 1 atom stereocenters. The predicted molar refractivity (Wildman–Crippen MR) is 94.4 cm³/mol. The van der Waals surface area contributed by atoms with Crippen LogP contribution < -0.4 is 10.6 Å². The van der Waals surface area contributed by atoms with Gasteiger partial charge in [0.25, 0.3) is 0 Å². The van der Waals surface area contributed by atoms with Gasteiger partial charge in [-0.3, -0.25) is 4.79 Å². The van der Waals surface area contributed by atoms with Crippen LogP contribution in [-0.2, 0) is 11.2 Å². The van der Waals surface area contributed by atoms with Gasteiger partial charge in [-0.1, -0.05) is 44.2 Å². The molecule has 1 unspecified atom stereocenters. The van der Waals surface area contributed by atoms with E-state index in [1.807, 2.05) is 6.07 Å². The zero-order chi connectivity index (χ0) is 15.1. The molecule has 3 nitrogen and oxygen atoms in total. The quantitative estimate of drug-likeness (QED) is 0.808. The normalized spacial score (nSPS) is 17.8. The summed E-state index contributed by atoms with van der Waals surface area (Å²) in [6.45, 7) is 7.34. The minimum atomic E-state index is 0. The van der Waals surface area contributed by atoms with Crippen molar-refractivity contribution < 1.29 is 4.79 Å². The van der Waals surface area contributed by atoms with Crippen molar-refractivity contribution in [2.24, 2.45) is 11.3 Å². The largest absolute Gasteiger partial charge is 0.356 e. The minimum absolute atomic E-state index is 0. The molecule has 2 N–H and O–H groups in total. The number of carbonyl (C=O) groups is 1. The lowest BCUT2D eigenvalue weighted by Gasteiger charge is -2.25. The molecule has 0 aliphatic carbocycles. The van der Waals surface area contributed by atoms with Crippen LogP contribution in [0.25, 0.3) is 0 Å². The fourth-order valence-corrected chi connectivity index (χ4v) is 2.93. The fourth-order valence-electron chi connectivity index (χ4n) is 2.93. The van der Waals surface area contributed by atoms with Gasteiger partial charge in [0, 0.05) is 13.0 Å². The highest BCUT2D eigenvalue weighted by Gasteiger charge is 2.20. The Morgan fingerprint density at radius 2 is 2.05 bits per heavy atom. The monoisotopic (exact) mass is 324 g/mol. The molecule has 0 radical (unpaired) electrons. The van der Waals surface area contributed by atoms with E-state index in [1.54, 1.807) is 0 Å². The zero-order valence-electron chi connectivity index (χ0n) is 13.7. The highest BCUT2D eigenvalue weighted by Crippen LogP contribution is 2.21. The number of amides is 1. The van der Waals surface area contributed by atoms with Gasteiger partial charge in [0.1, 0.15) is 0 Å². The second kappa shape index (κ2) is 9.16. The molecule has 1 aliphatic rings. The Kier molecular flexibility index (Phi) is 7.91. The zero-order valence-corrected chi connectivity index (χ0v) is 14.5. The smallest absolute Gasteiger partial charge is 0.220 e. The molecule has 1 heterocycles. The average molecular weight is 325 g/mol. The third-order valence-electron chi connectivity index (χ3n) is 4.23. The van der Waals surface area contributed by atoms with Crippen molar-refractivity contribution in [3.63, 3.8) is 0 Å². The molecule has 0 aromatic heterocycles. The molecule has 2 rings (SSSR count). The van der Waals surface area contributed by atoms with E-state index in [9.17, 15) is 4.79 Å². The van der Waals surface area contributed by atoms with Gasteiger partial charge >= 0.3 is 0 Å². The van der Waals surface area contributed by atoms with E-state index in [1.165, 1.54) is 12.0 Å². The van der Waals surface area contributed by atoms with E-state index in [0.717, 1.165) is 32.5 Å². The van der Waals surface area contributed by atoms with Crippen molar-refractivity contribution in [2.45, 2.75) is 39.5 Å². The number of nitrogens with one attached hydrogen (secondary N) is 2. The summed E-state index contributed by atoms with van der Waals surface area (Å²) >= 11 is 0. The second-order valence-electron chi connectivity index (χ2n) is 7.00. The van der Waals surface area contributed by atoms with Gasteiger partial charge in [0.2, 0.25) is 5.91 Å². The van der Waals surface area contributed by atoms with E-state index < -0.39 is 0 Å². The summed E-state index contributed by atoms with van der Waals surface area (Å²) < 4.78 is 0. The summed E-state index contributed by atoms with van der Waals surface area (Å²) in [6.07, 6.45) is 3.87. The van der Waals surface area contributed by atoms with E-state index >= 15 is 0 Å². The molecule has 1 aliphatic heterocycles. The van der Waals surface area contributed by atoms with Crippen molar-refractivity contribution in [2.75, 3.05) is 19.6 Å². The molecule has 124 valence electrons. The first-order chi connectivity index (χ1) is 10.1. The number of hydrogen-bond donors (Lipinski definition) is 2. The number of carbonyl (C=O) groups excluding carboxylic acids is 1. The van der Waals surface area contributed by atoms with Crippen LogP contribution in [0.2, 0.25) is 0 Å². The highest BCUT2D eigenvalue weighted by molar-refractivity contribution is 5.85. The molecular weight excluding hydrogens is 296 g/mol. The minimum Gasteiger partial charge on any atom is -0.356 e. The summed E-state index contributed by atoms with van der Waals surface area (Å²) in [7, 11) is 0. The van der Waals surface area contributed by atoms with Gasteiger partial charge in [-0.25, -0.2) is 0 Å². The van der Waals surface area contributed by atoms with E-state index in [4.69, 9.17) is 0 Å². The standard InChI is InChI=1S/C18H28N2O.ClH/c1-18(2,12-15-6-4-3-5-7-15)14-20-17(21)9-8-16-10-11-19-13-16;/h3-7,16,19H,8-14H2,1-2H3,(H,20,21);1H. The Bertz CT molecular complexity index is 442. The molecule has 0 spiro atoms. The van der Waals surface area contributed by atoms with Crippen LogP contribution in [0.15, 0.2) is 30.3 Å². The van der Waals surface area contributed by atoms with Gasteiger partial charge in [-0.05, 0) is 49.2 Å². The molecule has 0 bridgehead atoms. The van der Waals surface area contributed by atoms with Gasteiger partial charge in [-0.15, -0.1) is 12.4 Å². The SMILES string of the molecule is CC(C)(CNC(=O)CCC1CCNC1)Cc1ccccc1.Cl. The lowest BCUT2D eigenvalue weighted by atomic mass is 9.85. The third-order valence-corrected chi connectivity index (χ3v) is 4.23. The lowest BCUT2D eigenvalue weighted by molar-refractivity contribution is -0.121. The maximum atomic E-state index is 12.0. The Morgan fingerprint density at radius 3 is 2.68 bits per heavy atom. The first-order valence-electron chi connectivity index (χ1n) is 8.06. The molecule has 4 heteroatoms. The number of halogens is 1. The summed E-state index contributed by atoms with van der Waals surface area (Å²) in [5.41, 5.74) is 1.42. The Morgan fingerprint density at radius 1 is 1.32 bits per heavy atom. The first-order valence-corrected chi connectivity index (χ1v) is 8.06. The second-order valence-corrected chi connectivity index (χ2v) is 7.00. The van der Waals surface area contributed by atoms with Crippen molar-refractivity contribution in [3.8, 4) is 0 Å². The molecule has 1 fully saturated rings. The number of rotatable bonds is 7. The van der Waals surface area contributed by atoms with E-state index in [-0.39, 0.29) is 23.7 Å². The maximum absolute atomic E-state index is 12.0. The van der Waals surface area contributed by atoms with E-state index in [0.29, 0.717) is 12.3 Å². The predicted octanol–water partition coefficient (Wildman–Crippen LogP) is 3.18. The molecule has 0 saturated carbocycles. The molecule has 1 saturated heterocycles. The summed E-state index contributed by atoms with van der Waals surface area (Å²) in [5, 5.41) is 6.46. The Hall–Kier alpha value is -1.06. The van der Waals surface area contributed by atoms with Crippen LogP contribution in [0.3, 0.4) is 0 Å². The topological polar surface area (TPSA) is 41.1 Å². The van der Waals surface area contributed by atoms with Gasteiger partial charge in [0.05, 0.1) is 0 Å². The summed E-state index contributed by atoms with van der Waals surface area (Å²) in [5.74, 6) is 0.885. The number of hydrogen-bond acceptors (Lipinski definition) is 2. The number of benzene rings is 1. The molecule has 1 amide bonds. The van der Waals surface area contributed by atoms with Crippen LogP contribution in [0.4, 0.5) is 0 Å². The summed E-state index contributed by atoms with van der Waals surface area (Å²) in [4.78, 5) is 12.0. The van der Waals surface area contributed by atoms with Crippen molar-refractivity contribution in [1.29, 1.82) is 0 Å². The van der Waals surface area contributed by atoms with Crippen LogP contribution in [0, 0.1) is 11.3 Å². The molecule has 1 aromatic rings. The molecular formula is C18H29ClN2O. The Balaban J connectivity index is 0.00000242. The van der Waals surface area contributed by atoms with Crippen LogP contribution in [0.1, 0.15) is 38.7 Å². The maximum Gasteiger partial charge on any atom is 0.220 e. The fraction of sp³-hybridized carbons (Fsp3) is 0.611. The van der Waals surface area contributed by atoms with Gasteiger partial charge < -0.3 is 10.6 Å². The highest BCUT2D eigenvalue weighted by atomic mass is 35.5. The van der Waals surface area contributed by atoms with Crippen LogP contribution in [0.5, 0.6) is 0 Å². The first kappa shape index (κ1) is 19.0. The summed E-state index contributed by atoms with van der Waals surface area (Å²) in [6, 6.07) is 10.5. The van der Waals surface area contributed by atoms with Crippen molar-refractivity contribution in [1.82, 2.24) is 10.6 Å². The third kappa shape index (κ3) is 6.80. The van der Waals surface area contributed by atoms with Crippen LogP contribution >= 0.6 is 12.4 Å². The van der Waals surface area contributed by atoms with E-state index in [2.05, 4.69) is 48.7 Å². The van der Waals surface area contributed by atoms with Gasteiger partial charge in [0.15, 0.2) is 0 Å². The lowest BCUT2D eigenvalue weighted by Crippen LogP contribution is -2.35. The van der Waals surface area contributed by atoms with Crippen molar-refractivity contribution >= 4 is 18.3 Å². The average Bonchev–Trinajstić information content (AvgIpc) is 2.97.